The third-order valence-electron chi connectivity index (χ3n) is 3.68. The Morgan fingerprint density at radius 1 is 1.23 bits per heavy atom. The van der Waals surface area contributed by atoms with Crippen LogP contribution >= 0.6 is 11.6 Å². The van der Waals surface area contributed by atoms with Crippen LogP contribution in [0.15, 0.2) is 41.0 Å². The number of hydrogen-bond donors (Lipinski definition) is 1. The third-order valence-corrected chi connectivity index (χ3v) is 4.00. The zero-order valence-electron chi connectivity index (χ0n) is 13.7. The lowest BCUT2D eigenvalue weighted by Crippen LogP contribution is -2.16. The van der Waals surface area contributed by atoms with Gasteiger partial charge in [-0.05, 0) is 38.1 Å². The average Bonchev–Trinajstić information content (AvgIpc) is 3.12. The van der Waals surface area contributed by atoms with Gasteiger partial charge in [0.2, 0.25) is 0 Å². The molecule has 0 bridgehead atoms. The Bertz CT molecular complexity index is 976. The number of anilines is 1. The fourth-order valence-electron chi connectivity index (χ4n) is 2.43. The van der Waals surface area contributed by atoms with Crippen LogP contribution < -0.4 is 5.32 Å². The Kier molecular flexibility index (Phi) is 4.53. The second kappa shape index (κ2) is 6.53. The van der Waals surface area contributed by atoms with Crippen LogP contribution in [0, 0.1) is 13.8 Å². The lowest BCUT2D eigenvalue weighted by molar-refractivity contribution is -0.137. The lowest BCUT2D eigenvalue weighted by atomic mass is 10.2. The summed E-state index contributed by atoms with van der Waals surface area (Å²) in [6, 6.07) is 5.94. The maximum absolute atomic E-state index is 13.0. The van der Waals surface area contributed by atoms with E-state index >= 15 is 0 Å². The first-order valence-corrected chi connectivity index (χ1v) is 7.84. The van der Waals surface area contributed by atoms with Gasteiger partial charge in [-0.15, -0.1) is 0 Å². The first kappa shape index (κ1) is 18.1. The number of hydrogen-bond acceptors (Lipinski definition) is 3. The summed E-state index contributed by atoms with van der Waals surface area (Å²) in [5.41, 5.74) is -0.0509. The van der Waals surface area contributed by atoms with Crippen molar-refractivity contribution in [2.24, 2.45) is 0 Å². The Labute approximate surface area is 151 Å². The molecular formula is C17H13ClF3N3O2. The number of carbonyl (C=O) groups excluding carboxylic acids is 1. The van der Waals surface area contributed by atoms with Gasteiger partial charge in [0, 0.05) is 6.07 Å². The number of aryl methyl sites for hydroxylation is 2. The number of alkyl halides is 3. The second-order valence-corrected chi connectivity index (χ2v) is 6.00. The van der Waals surface area contributed by atoms with Crippen LogP contribution in [0.2, 0.25) is 5.02 Å². The van der Waals surface area contributed by atoms with Gasteiger partial charge in [-0.25, -0.2) is 4.68 Å². The number of aromatic nitrogens is 2. The number of rotatable bonds is 3. The molecule has 2 heterocycles. The molecule has 1 amide bonds. The zero-order valence-corrected chi connectivity index (χ0v) is 14.4. The molecule has 0 saturated heterocycles. The zero-order chi connectivity index (χ0) is 19.1. The minimum atomic E-state index is -4.53. The van der Waals surface area contributed by atoms with Gasteiger partial charge in [0.15, 0.2) is 0 Å². The van der Waals surface area contributed by atoms with E-state index in [2.05, 4.69) is 10.4 Å². The van der Waals surface area contributed by atoms with Gasteiger partial charge < -0.3 is 9.73 Å². The van der Waals surface area contributed by atoms with Crippen molar-refractivity contribution in [1.29, 1.82) is 0 Å². The van der Waals surface area contributed by atoms with E-state index in [1.807, 2.05) is 0 Å². The summed E-state index contributed by atoms with van der Waals surface area (Å²) < 4.78 is 45.3. The monoisotopic (exact) mass is 383 g/mol. The van der Waals surface area contributed by atoms with E-state index in [0.29, 0.717) is 17.0 Å². The van der Waals surface area contributed by atoms with E-state index in [1.54, 1.807) is 13.8 Å². The van der Waals surface area contributed by atoms with Gasteiger partial charge in [0.25, 0.3) is 5.91 Å². The van der Waals surface area contributed by atoms with Gasteiger partial charge in [0.05, 0.1) is 33.8 Å². The summed E-state index contributed by atoms with van der Waals surface area (Å²) in [7, 11) is 0. The van der Waals surface area contributed by atoms with Gasteiger partial charge in [-0.2, -0.15) is 18.3 Å². The van der Waals surface area contributed by atoms with Crippen LogP contribution in [0.4, 0.5) is 19.0 Å². The molecule has 2 aromatic heterocycles. The largest absolute Gasteiger partial charge is 0.469 e. The fourth-order valence-corrected chi connectivity index (χ4v) is 2.63. The van der Waals surface area contributed by atoms with Crippen LogP contribution in [0.3, 0.4) is 0 Å². The molecule has 0 saturated carbocycles. The predicted octanol–water partition coefficient (Wildman–Crippen LogP) is 5.01. The normalized spacial score (nSPS) is 11.6. The molecule has 0 radical (unpaired) electrons. The quantitative estimate of drug-likeness (QED) is 0.691. The standard InChI is InChI=1S/C17H13ClF3N3O2/c1-9-7-15(22-16(25)12-5-6-26-10(12)2)24(23-9)14-8-11(17(19,20)21)3-4-13(14)18/h3-8H,1-2H3,(H,22,25). The van der Waals surface area contributed by atoms with Crippen molar-refractivity contribution < 1.29 is 22.4 Å². The molecule has 3 aromatic rings. The van der Waals surface area contributed by atoms with Crippen molar-refractivity contribution in [1.82, 2.24) is 9.78 Å². The summed E-state index contributed by atoms with van der Waals surface area (Å²) in [4.78, 5) is 12.4. The highest BCUT2D eigenvalue weighted by Gasteiger charge is 2.31. The van der Waals surface area contributed by atoms with E-state index in [4.69, 9.17) is 16.0 Å². The molecule has 136 valence electrons. The molecule has 0 unspecified atom stereocenters. The molecule has 9 heteroatoms. The van der Waals surface area contributed by atoms with Crippen LogP contribution in [-0.4, -0.2) is 15.7 Å². The Hall–Kier alpha value is -2.74. The average molecular weight is 384 g/mol. The molecule has 0 aliphatic rings. The molecule has 0 spiro atoms. The van der Waals surface area contributed by atoms with Crippen LogP contribution in [0.1, 0.15) is 27.4 Å². The number of nitrogens with zero attached hydrogens (tertiary/aromatic N) is 2. The maximum Gasteiger partial charge on any atom is 0.416 e. The third kappa shape index (κ3) is 3.45. The van der Waals surface area contributed by atoms with Gasteiger partial charge in [-0.3, -0.25) is 4.79 Å². The Morgan fingerprint density at radius 3 is 2.58 bits per heavy atom. The van der Waals surface area contributed by atoms with Crippen molar-refractivity contribution >= 4 is 23.3 Å². The molecule has 0 aliphatic carbocycles. The van der Waals surface area contributed by atoms with E-state index in [-0.39, 0.29) is 16.5 Å². The highest BCUT2D eigenvalue weighted by atomic mass is 35.5. The van der Waals surface area contributed by atoms with E-state index < -0.39 is 17.6 Å². The molecule has 0 aliphatic heterocycles. The van der Waals surface area contributed by atoms with Gasteiger partial charge in [-0.1, -0.05) is 11.6 Å². The number of furan rings is 1. The number of nitrogens with one attached hydrogen (secondary N) is 1. The predicted molar refractivity (Wildman–Crippen MR) is 89.7 cm³/mol. The minimum Gasteiger partial charge on any atom is -0.469 e. The fraction of sp³-hybridized carbons (Fsp3) is 0.176. The SMILES string of the molecule is Cc1cc(NC(=O)c2ccoc2C)n(-c2cc(C(F)(F)F)ccc2Cl)n1. The van der Waals surface area contributed by atoms with E-state index in [0.717, 1.165) is 18.2 Å². The number of amides is 1. The van der Waals surface area contributed by atoms with Gasteiger partial charge in [0.1, 0.15) is 11.6 Å². The maximum atomic E-state index is 13.0. The summed E-state index contributed by atoms with van der Waals surface area (Å²) in [6.07, 6.45) is -3.16. The molecule has 5 nitrogen and oxygen atoms in total. The topological polar surface area (TPSA) is 60.1 Å². The van der Waals surface area contributed by atoms with Crippen molar-refractivity contribution in [2.75, 3.05) is 5.32 Å². The lowest BCUT2D eigenvalue weighted by Gasteiger charge is -2.13. The molecule has 0 atom stereocenters. The van der Waals surface area contributed by atoms with E-state index in [1.165, 1.54) is 23.1 Å². The first-order chi connectivity index (χ1) is 12.2. The smallest absolute Gasteiger partial charge is 0.416 e. The highest BCUT2D eigenvalue weighted by molar-refractivity contribution is 6.32. The number of benzene rings is 1. The van der Waals surface area contributed by atoms with Gasteiger partial charge >= 0.3 is 6.18 Å². The Morgan fingerprint density at radius 2 is 1.96 bits per heavy atom. The van der Waals surface area contributed by atoms with Crippen LogP contribution in [-0.2, 0) is 6.18 Å². The molecule has 26 heavy (non-hydrogen) atoms. The van der Waals surface area contributed by atoms with Crippen molar-refractivity contribution in [2.45, 2.75) is 20.0 Å². The summed E-state index contributed by atoms with van der Waals surface area (Å²) in [5.74, 6) is 0.136. The minimum absolute atomic E-state index is 0.00815. The number of carbonyl (C=O) groups is 1. The summed E-state index contributed by atoms with van der Waals surface area (Å²) >= 11 is 6.07. The summed E-state index contributed by atoms with van der Waals surface area (Å²) in [6.45, 7) is 3.28. The molecule has 1 aromatic carbocycles. The van der Waals surface area contributed by atoms with E-state index in [9.17, 15) is 18.0 Å². The summed E-state index contributed by atoms with van der Waals surface area (Å²) in [5, 5.41) is 6.83. The molecular weight excluding hydrogens is 371 g/mol. The molecule has 1 N–H and O–H groups in total. The van der Waals surface area contributed by atoms with Crippen molar-refractivity contribution in [3.63, 3.8) is 0 Å². The van der Waals surface area contributed by atoms with Crippen molar-refractivity contribution in [3.8, 4) is 5.69 Å². The molecule has 0 fully saturated rings. The number of halogens is 4. The van der Waals surface area contributed by atoms with Crippen LogP contribution in [0.5, 0.6) is 0 Å². The molecule has 3 rings (SSSR count). The first-order valence-electron chi connectivity index (χ1n) is 7.46. The van der Waals surface area contributed by atoms with Crippen LogP contribution in [0.25, 0.3) is 5.69 Å². The highest BCUT2D eigenvalue weighted by Crippen LogP contribution is 2.34. The second-order valence-electron chi connectivity index (χ2n) is 5.59. The van der Waals surface area contributed by atoms with Crippen molar-refractivity contribution in [3.05, 3.63) is 64.2 Å². The Balaban J connectivity index is 2.03.